The summed E-state index contributed by atoms with van der Waals surface area (Å²) in [6.45, 7) is 0.110. The lowest BCUT2D eigenvalue weighted by atomic mass is 10.0. The molecule has 0 saturated carbocycles. The zero-order valence-corrected chi connectivity index (χ0v) is 24.5. The molecule has 3 aliphatic rings. The van der Waals surface area contributed by atoms with Crippen molar-refractivity contribution in [3.05, 3.63) is 120 Å². The molecule has 0 radical (unpaired) electrons. The summed E-state index contributed by atoms with van der Waals surface area (Å²) in [5, 5.41) is 0. The number of methoxy groups -OCH3 is 2. The van der Waals surface area contributed by atoms with E-state index in [9.17, 15) is 19.2 Å². The predicted octanol–water partition coefficient (Wildman–Crippen LogP) is 4.08. The van der Waals surface area contributed by atoms with Crippen molar-refractivity contribution in [3.8, 4) is 11.5 Å². The number of anilines is 2. The third-order valence-electron chi connectivity index (χ3n) is 8.63. The Balaban J connectivity index is 1.38. The highest BCUT2D eigenvalue weighted by molar-refractivity contribution is 6.24. The Labute approximate surface area is 259 Å². The Hall–Kier alpha value is -5.48. The van der Waals surface area contributed by atoms with Crippen LogP contribution >= 0.6 is 0 Å². The molecule has 226 valence electrons. The van der Waals surface area contributed by atoms with Gasteiger partial charge >= 0.3 is 0 Å². The van der Waals surface area contributed by atoms with E-state index in [0.717, 1.165) is 10.5 Å². The van der Waals surface area contributed by atoms with Crippen molar-refractivity contribution in [1.29, 1.82) is 0 Å². The second-order valence-electron chi connectivity index (χ2n) is 11.0. The Kier molecular flexibility index (Phi) is 7.06. The molecule has 0 spiro atoms. The molecule has 45 heavy (non-hydrogen) atoms. The number of fused-ring (bicyclic) bond motifs is 2. The highest BCUT2D eigenvalue weighted by Gasteiger charge is 2.66. The maximum absolute atomic E-state index is 14.6. The molecule has 4 aromatic rings. The molecule has 0 unspecified atom stereocenters. The van der Waals surface area contributed by atoms with E-state index in [1.165, 1.54) is 9.80 Å². The highest BCUT2D eigenvalue weighted by atomic mass is 16.5. The molecule has 7 rings (SSSR count). The molecular formula is C35H29N3O7. The van der Waals surface area contributed by atoms with Crippen LogP contribution < -0.4 is 19.3 Å². The molecule has 10 heteroatoms. The van der Waals surface area contributed by atoms with Crippen LogP contribution in [0, 0.1) is 0 Å². The summed E-state index contributed by atoms with van der Waals surface area (Å²) in [4.78, 5) is 60.7. The van der Waals surface area contributed by atoms with Crippen LogP contribution in [-0.2, 0) is 20.9 Å². The molecule has 3 heterocycles. The van der Waals surface area contributed by atoms with E-state index in [2.05, 4.69) is 0 Å². The molecule has 4 atom stereocenters. The number of benzene rings is 4. The van der Waals surface area contributed by atoms with Gasteiger partial charge in [0.05, 0.1) is 44.0 Å². The van der Waals surface area contributed by atoms with Crippen molar-refractivity contribution >= 4 is 35.0 Å². The van der Waals surface area contributed by atoms with E-state index < -0.39 is 47.9 Å². The smallest absolute Gasteiger partial charge is 0.262 e. The van der Waals surface area contributed by atoms with Crippen LogP contribution in [0.3, 0.4) is 0 Å². The SMILES string of the molecule is COc1ccc(N2C(=O)[C@H](N3C(=O)c4ccccc4C3=O)[C@@H]3[C@H]2[C@@H](OCc2ccccc2)C(=O)N3c2ccc(OC)cc2)cc1. The molecule has 3 aliphatic heterocycles. The van der Waals surface area contributed by atoms with Gasteiger partial charge in [-0.2, -0.15) is 0 Å². The van der Waals surface area contributed by atoms with E-state index in [-0.39, 0.29) is 17.7 Å². The molecule has 0 aromatic heterocycles. The van der Waals surface area contributed by atoms with E-state index in [4.69, 9.17) is 14.2 Å². The number of imide groups is 1. The van der Waals surface area contributed by atoms with Gasteiger partial charge in [0.2, 0.25) is 0 Å². The lowest BCUT2D eigenvalue weighted by Gasteiger charge is -2.31. The first-order valence-electron chi connectivity index (χ1n) is 14.5. The molecule has 4 amide bonds. The Morgan fingerprint density at radius 3 is 1.56 bits per heavy atom. The Morgan fingerprint density at radius 2 is 1.04 bits per heavy atom. The van der Waals surface area contributed by atoms with Gasteiger partial charge in [0.15, 0.2) is 6.10 Å². The number of amides is 4. The normalized spacial score (nSPS) is 22.2. The standard InChI is InChI=1S/C35H29N3O7/c1-43-24-16-12-22(13-17-24)36-28-29(31(35(36)42)45-20-21-8-4-3-5-9-21)37(23-14-18-25(44-2)19-15-23)34(41)30(28)38-32(39)26-10-6-7-11-27(26)33(38)40/h3-19,28-31H,20H2,1-2H3/t28-,29-,30+,31+/m0/s1. The minimum Gasteiger partial charge on any atom is -0.497 e. The molecule has 0 bridgehead atoms. The molecule has 10 nitrogen and oxygen atoms in total. The van der Waals surface area contributed by atoms with Gasteiger partial charge in [-0.05, 0) is 66.2 Å². The van der Waals surface area contributed by atoms with Gasteiger partial charge in [0.25, 0.3) is 23.6 Å². The summed E-state index contributed by atoms with van der Waals surface area (Å²) in [5.41, 5.74) is 2.24. The van der Waals surface area contributed by atoms with Gasteiger partial charge in [-0.15, -0.1) is 0 Å². The second kappa shape index (κ2) is 11.2. The number of hydrogen-bond donors (Lipinski definition) is 0. The van der Waals surface area contributed by atoms with Crippen molar-refractivity contribution in [1.82, 2.24) is 4.90 Å². The maximum atomic E-state index is 14.6. The van der Waals surface area contributed by atoms with E-state index in [1.807, 2.05) is 30.3 Å². The number of ether oxygens (including phenoxy) is 3. The van der Waals surface area contributed by atoms with Crippen LogP contribution in [0.1, 0.15) is 26.3 Å². The van der Waals surface area contributed by atoms with E-state index in [0.29, 0.717) is 22.9 Å². The number of nitrogens with zero attached hydrogens (tertiary/aromatic N) is 3. The molecular weight excluding hydrogens is 574 g/mol. The van der Waals surface area contributed by atoms with Gasteiger partial charge in [0, 0.05) is 11.4 Å². The summed E-state index contributed by atoms with van der Waals surface area (Å²) in [6.07, 6.45) is -1.11. The van der Waals surface area contributed by atoms with Crippen LogP contribution in [-0.4, -0.2) is 67.0 Å². The number of carbonyl (C=O) groups excluding carboxylic acids is 4. The van der Waals surface area contributed by atoms with Gasteiger partial charge < -0.3 is 24.0 Å². The first-order chi connectivity index (χ1) is 21.9. The first kappa shape index (κ1) is 28.3. The molecule has 0 aliphatic carbocycles. The van der Waals surface area contributed by atoms with Crippen molar-refractivity contribution in [3.63, 3.8) is 0 Å². The fraction of sp³-hybridized carbons (Fsp3) is 0.200. The summed E-state index contributed by atoms with van der Waals surface area (Å²) in [7, 11) is 3.08. The molecule has 4 aromatic carbocycles. The van der Waals surface area contributed by atoms with Gasteiger partial charge in [-0.1, -0.05) is 42.5 Å². The highest BCUT2D eigenvalue weighted by Crippen LogP contribution is 2.44. The molecule has 0 N–H and O–H groups in total. The van der Waals surface area contributed by atoms with Crippen LogP contribution in [0.15, 0.2) is 103 Å². The summed E-state index contributed by atoms with van der Waals surface area (Å²) in [6, 6.07) is 26.5. The van der Waals surface area contributed by atoms with Crippen LogP contribution in [0.4, 0.5) is 11.4 Å². The van der Waals surface area contributed by atoms with Gasteiger partial charge in [0.1, 0.15) is 17.5 Å². The monoisotopic (exact) mass is 603 g/mol. The van der Waals surface area contributed by atoms with Crippen molar-refractivity contribution in [2.75, 3.05) is 24.0 Å². The summed E-state index contributed by atoms with van der Waals surface area (Å²) in [5.74, 6) is -0.890. The quantitative estimate of drug-likeness (QED) is 0.280. The molecule has 2 fully saturated rings. The maximum Gasteiger partial charge on any atom is 0.262 e. The fourth-order valence-electron chi connectivity index (χ4n) is 6.55. The third-order valence-corrected chi connectivity index (χ3v) is 8.63. The van der Waals surface area contributed by atoms with Gasteiger partial charge in [-0.3, -0.25) is 24.1 Å². The minimum atomic E-state index is -1.32. The second-order valence-corrected chi connectivity index (χ2v) is 11.0. The Bertz CT molecular complexity index is 1710. The van der Waals surface area contributed by atoms with Crippen molar-refractivity contribution in [2.24, 2.45) is 0 Å². The fourth-order valence-corrected chi connectivity index (χ4v) is 6.55. The van der Waals surface area contributed by atoms with Crippen LogP contribution in [0.25, 0.3) is 0 Å². The number of hydrogen-bond acceptors (Lipinski definition) is 7. The van der Waals surface area contributed by atoms with Crippen molar-refractivity contribution < 1.29 is 33.4 Å². The van der Waals surface area contributed by atoms with E-state index >= 15 is 0 Å². The van der Waals surface area contributed by atoms with Crippen molar-refractivity contribution in [2.45, 2.75) is 30.8 Å². The lowest BCUT2D eigenvalue weighted by Crippen LogP contribution is -2.54. The summed E-state index contributed by atoms with van der Waals surface area (Å²) < 4.78 is 17.0. The third kappa shape index (κ3) is 4.53. The molecule has 2 saturated heterocycles. The predicted molar refractivity (Wildman–Crippen MR) is 164 cm³/mol. The average Bonchev–Trinajstić information content (AvgIpc) is 3.62. The Morgan fingerprint density at radius 1 is 0.556 bits per heavy atom. The zero-order chi connectivity index (χ0) is 31.2. The zero-order valence-electron chi connectivity index (χ0n) is 24.5. The average molecular weight is 604 g/mol. The largest absolute Gasteiger partial charge is 0.497 e. The van der Waals surface area contributed by atoms with E-state index in [1.54, 1.807) is 87.0 Å². The topological polar surface area (TPSA) is 106 Å². The minimum absolute atomic E-state index is 0.110. The van der Waals surface area contributed by atoms with Crippen LogP contribution in [0.2, 0.25) is 0 Å². The number of rotatable bonds is 8. The first-order valence-corrected chi connectivity index (χ1v) is 14.5. The summed E-state index contributed by atoms with van der Waals surface area (Å²) >= 11 is 0. The van der Waals surface area contributed by atoms with Crippen LogP contribution in [0.5, 0.6) is 11.5 Å². The lowest BCUT2D eigenvalue weighted by molar-refractivity contribution is -0.129. The number of carbonyl (C=O) groups is 4. The van der Waals surface area contributed by atoms with Gasteiger partial charge in [-0.25, -0.2) is 0 Å².